The van der Waals surface area contributed by atoms with Crippen molar-refractivity contribution in [1.29, 1.82) is 0 Å². The van der Waals surface area contributed by atoms with E-state index in [1.165, 1.54) is 97.7 Å². The standard InChI is InChI=1S/C59H58BN3O/c1-37-32-50-55-51(33-37)62(47-23-17-25-53-54(47)42-20-10-13-24-52(42)64-53)49-36-41(63-46-22-12-11-21-43(46)58(8)30-14-15-31-59(58,63)9)27-29-45(49)60(55)44-28-26-39(57(5,6)7)35-48(44)61(50)40-19-16-18-38(34-40)56(2,3)4/h10-13,16-29,32-36H,14-15,30-31H2,1-9H3. The summed E-state index contributed by atoms with van der Waals surface area (Å²) >= 11 is 0. The van der Waals surface area contributed by atoms with Crippen LogP contribution in [0.25, 0.3) is 21.9 Å². The lowest BCUT2D eigenvalue weighted by Crippen LogP contribution is -2.61. The summed E-state index contributed by atoms with van der Waals surface area (Å²) in [6.45, 7) is 21.3. The molecular formula is C59H58BN3O. The SMILES string of the molecule is Cc1cc2c3c(c1)N(c1cccc4oc5ccccc5c14)c1cc(N4c5ccccc5C5(C)CCCCC45C)ccc1B3c1ccc(C(C)(C)C)cc1N2c1cccc(C(C)(C)C)c1. The number of benzene rings is 7. The van der Waals surface area contributed by atoms with Gasteiger partial charge in [0.1, 0.15) is 11.2 Å². The van der Waals surface area contributed by atoms with Gasteiger partial charge >= 0.3 is 0 Å². The Morgan fingerprint density at radius 3 is 1.97 bits per heavy atom. The molecule has 0 saturated heterocycles. The van der Waals surface area contributed by atoms with Crippen molar-refractivity contribution in [3.63, 3.8) is 0 Å². The van der Waals surface area contributed by atoms with Crippen molar-refractivity contribution in [3.05, 3.63) is 162 Å². The van der Waals surface area contributed by atoms with E-state index in [1.54, 1.807) is 0 Å². The highest BCUT2D eigenvalue weighted by Gasteiger charge is 2.58. The van der Waals surface area contributed by atoms with Gasteiger partial charge in [-0.05, 0) is 143 Å². The molecule has 4 aliphatic rings. The quantitative estimate of drug-likeness (QED) is 0.165. The van der Waals surface area contributed by atoms with Gasteiger partial charge < -0.3 is 19.1 Å². The summed E-state index contributed by atoms with van der Waals surface area (Å²) in [4.78, 5) is 7.92. The Morgan fingerprint density at radius 2 is 1.17 bits per heavy atom. The van der Waals surface area contributed by atoms with E-state index in [4.69, 9.17) is 4.42 Å². The predicted molar refractivity (Wildman–Crippen MR) is 273 cm³/mol. The van der Waals surface area contributed by atoms with Crippen LogP contribution >= 0.6 is 0 Å². The first kappa shape index (κ1) is 39.4. The van der Waals surface area contributed by atoms with Gasteiger partial charge in [-0.2, -0.15) is 0 Å². The maximum absolute atomic E-state index is 6.64. The maximum Gasteiger partial charge on any atom is 0.252 e. The summed E-state index contributed by atoms with van der Waals surface area (Å²) < 4.78 is 6.64. The average Bonchev–Trinajstić information content (AvgIpc) is 3.75. The lowest BCUT2D eigenvalue weighted by Gasteiger charge is -2.50. The van der Waals surface area contributed by atoms with Crippen LogP contribution < -0.4 is 31.1 Å². The molecule has 4 heterocycles. The van der Waals surface area contributed by atoms with Gasteiger partial charge in [-0.3, -0.25) is 0 Å². The van der Waals surface area contributed by atoms with Crippen LogP contribution in [0.15, 0.2) is 144 Å². The van der Waals surface area contributed by atoms with Crippen LogP contribution in [0, 0.1) is 6.92 Å². The molecule has 0 radical (unpaired) electrons. The number of nitrogens with zero attached hydrogens (tertiary/aromatic N) is 3. The third kappa shape index (κ3) is 5.42. The number of hydrogen-bond acceptors (Lipinski definition) is 4. The molecule has 0 bridgehead atoms. The second-order valence-electron chi connectivity index (χ2n) is 21.8. The number of hydrogen-bond donors (Lipinski definition) is 0. The van der Waals surface area contributed by atoms with Gasteiger partial charge in [0.25, 0.3) is 6.71 Å². The highest BCUT2D eigenvalue weighted by atomic mass is 16.3. The molecule has 8 aromatic rings. The van der Waals surface area contributed by atoms with Crippen molar-refractivity contribution in [3.8, 4) is 0 Å². The first-order valence-corrected chi connectivity index (χ1v) is 23.6. The van der Waals surface area contributed by atoms with Crippen LogP contribution in [0.3, 0.4) is 0 Å². The lowest BCUT2D eigenvalue weighted by molar-refractivity contribution is 0.195. The highest BCUT2D eigenvalue weighted by molar-refractivity contribution is 7.00. The van der Waals surface area contributed by atoms with E-state index in [1.807, 2.05) is 0 Å². The van der Waals surface area contributed by atoms with Crippen LogP contribution in [0.1, 0.15) is 103 Å². The zero-order valence-corrected chi connectivity index (χ0v) is 38.9. The molecule has 4 nitrogen and oxygen atoms in total. The Hall–Kier alpha value is -6.20. The van der Waals surface area contributed by atoms with E-state index in [0.29, 0.717) is 0 Å². The minimum absolute atomic E-state index is 0.00205. The molecule has 2 unspecified atom stereocenters. The Kier molecular flexibility index (Phi) is 8.26. The maximum atomic E-state index is 6.64. The molecule has 1 aromatic heterocycles. The topological polar surface area (TPSA) is 22.9 Å². The van der Waals surface area contributed by atoms with E-state index in [-0.39, 0.29) is 28.5 Å². The van der Waals surface area contributed by atoms with E-state index >= 15 is 0 Å². The zero-order valence-electron chi connectivity index (χ0n) is 38.9. The average molecular weight is 836 g/mol. The van der Waals surface area contributed by atoms with Crippen molar-refractivity contribution in [2.45, 2.75) is 110 Å². The summed E-state index contributed by atoms with van der Waals surface area (Å²) in [6.07, 6.45) is 4.86. The van der Waals surface area contributed by atoms with Crippen molar-refractivity contribution < 1.29 is 4.42 Å². The second-order valence-corrected chi connectivity index (χ2v) is 21.8. The summed E-state index contributed by atoms with van der Waals surface area (Å²) in [7, 11) is 0. The molecule has 1 fully saturated rings. The predicted octanol–water partition coefficient (Wildman–Crippen LogP) is 14.3. The molecule has 5 heteroatoms. The van der Waals surface area contributed by atoms with Crippen LogP contribution in [0.5, 0.6) is 0 Å². The highest BCUT2D eigenvalue weighted by Crippen LogP contribution is 2.61. The molecule has 0 amide bonds. The molecule has 64 heavy (non-hydrogen) atoms. The van der Waals surface area contributed by atoms with E-state index in [0.717, 1.165) is 34.0 Å². The number of rotatable bonds is 3. The monoisotopic (exact) mass is 835 g/mol. The number of aryl methyl sites for hydroxylation is 1. The van der Waals surface area contributed by atoms with E-state index in [2.05, 4.69) is 217 Å². The molecule has 3 aliphatic heterocycles. The van der Waals surface area contributed by atoms with Crippen molar-refractivity contribution in [2.24, 2.45) is 0 Å². The Balaban J connectivity index is 1.18. The Morgan fingerprint density at radius 1 is 0.531 bits per heavy atom. The minimum Gasteiger partial charge on any atom is -0.456 e. The fourth-order valence-electron chi connectivity index (χ4n) is 12.4. The number of furan rings is 1. The number of para-hydroxylation sites is 2. The van der Waals surface area contributed by atoms with Gasteiger partial charge in [-0.15, -0.1) is 0 Å². The molecule has 0 N–H and O–H groups in total. The second kappa shape index (κ2) is 13.4. The summed E-state index contributed by atoms with van der Waals surface area (Å²) in [6, 6.07) is 53.4. The van der Waals surface area contributed by atoms with Crippen LogP contribution in [-0.4, -0.2) is 12.3 Å². The van der Waals surface area contributed by atoms with Crippen LogP contribution in [-0.2, 0) is 16.2 Å². The third-order valence-electron chi connectivity index (χ3n) is 15.9. The van der Waals surface area contributed by atoms with Gasteiger partial charge in [0.05, 0.1) is 16.6 Å². The van der Waals surface area contributed by atoms with Gasteiger partial charge in [0, 0.05) is 50.6 Å². The van der Waals surface area contributed by atoms with Crippen molar-refractivity contribution in [1.82, 2.24) is 0 Å². The van der Waals surface area contributed by atoms with Gasteiger partial charge in [0.2, 0.25) is 0 Å². The lowest BCUT2D eigenvalue weighted by atomic mass is 9.33. The molecule has 12 rings (SSSR count). The Labute approximate surface area is 379 Å². The number of anilines is 8. The largest absolute Gasteiger partial charge is 0.456 e. The first-order chi connectivity index (χ1) is 30.7. The zero-order chi connectivity index (χ0) is 44.1. The summed E-state index contributed by atoms with van der Waals surface area (Å²) in [5.74, 6) is 0. The summed E-state index contributed by atoms with van der Waals surface area (Å²) in [5.41, 5.74) is 21.0. The fraction of sp³-hybridized carbons (Fsp3) is 0.288. The molecule has 2 atom stereocenters. The van der Waals surface area contributed by atoms with Gasteiger partial charge in [-0.25, -0.2) is 0 Å². The van der Waals surface area contributed by atoms with Crippen molar-refractivity contribution >= 4 is 90.5 Å². The Bertz CT molecular complexity index is 3240. The smallest absolute Gasteiger partial charge is 0.252 e. The van der Waals surface area contributed by atoms with Gasteiger partial charge in [0.15, 0.2) is 0 Å². The molecule has 7 aromatic carbocycles. The van der Waals surface area contributed by atoms with Crippen LogP contribution in [0.4, 0.5) is 45.5 Å². The van der Waals surface area contributed by atoms with Gasteiger partial charge in [-0.1, -0.05) is 134 Å². The third-order valence-corrected chi connectivity index (χ3v) is 15.9. The normalized spacial score (nSPS) is 20.0. The minimum atomic E-state index is -0.0615. The molecule has 0 spiro atoms. The molecule has 318 valence electrons. The van der Waals surface area contributed by atoms with Crippen LogP contribution in [0.2, 0.25) is 0 Å². The van der Waals surface area contributed by atoms with E-state index in [9.17, 15) is 0 Å². The molecule has 1 aliphatic carbocycles. The van der Waals surface area contributed by atoms with Crippen molar-refractivity contribution in [2.75, 3.05) is 14.7 Å². The molecular weight excluding hydrogens is 777 g/mol. The fourth-order valence-corrected chi connectivity index (χ4v) is 12.4. The first-order valence-electron chi connectivity index (χ1n) is 23.6. The summed E-state index contributed by atoms with van der Waals surface area (Å²) in [5, 5.41) is 2.27. The number of fused-ring (bicyclic) bond motifs is 10. The van der Waals surface area contributed by atoms with E-state index < -0.39 is 0 Å². The molecule has 1 saturated carbocycles.